The number of para-hydroxylation sites is 1. The molecular weight excluding hydrogens is 747 g/mol. The highest BCUT2D eigenvalue weighted by Crippen LogP contribution is 2.39. The number of hydrogen-bond donors (Lipinski definition) is 0. The van der Waals surface area contributed by atoms with Gasteiger partial charge in [-0.1, -0.05) is 188 Å². The van der Waals surface area contributed by atoms with E-state index in [2.05, 4.69) is 115 Å². The summed E-state index contributed by atoms with van der Waals surface area (Å²) in [6.45, 7) is 0. The second-order valence-electron chi connectivity index (χ2n) is 14.9. The van der Waals surface area contributed by atoms with Crippen LogP contribution in [-0.2, 0) is 0 Å². The molecule has 0 amide bonds. The number of aromatic nitrogens is 5. The normalized spacial score (nSPS) is 11.3. The summed E-state index contributed by atoms with van der Waals surface area (Å²) in [5, 5.41) is 2.01. The Balaban J connectivity index is 0.953. The van der Waals surface area contributed by atoms with Gasteiger partial charge in [-0.25, -0.2) is 24.9 Å². The summed E-state index contributed by atoms with van der Waals surface area (Å²) in [7, 11) is 0. The Hall–Kier alpha value is -8.35. The molecule has 0 spiro atoms. The van der Waals surface area contributed by atoms with Crippen LogP contribution in [-0.4, -0.2) is 24.9 Å². The fourth-order valence-electron chi connectivity index (χ4n) is 7.85. The SMILES string of the molecule is c1ccc(-c2ccc(-c3cc(-c4ccc(-c5cccc6c5oc5ccc(-c7nc(-c8ccccc8)nc(-c8ccccc8)n7)cc56)cc4)nc(-c4ccccc4)n3)cc2)cc1. The summed E-state index contributed by atoms with van der Waals surface area (Å²) in [4.78, 5) is 24.9. The number of benzene rings is 8. The van der Waals surface area contributed by atoms with E-state index in [0.29, 0.717) is 23.3 Å². The van der Waals surface area contributed by atoms with Gasteiger partial charge in [-0.05, 0) is 41.0 Å². The van der Waals surface area contributed by atoms with Crippen molar-refractivity contribution in [1.29, 1.82) is 0 Å². The van der Waals surface area contributed by atoms with Crippen molar-refractivity contribution in [2.45, 2.75) is 0 Å². The topological polar surface area (TPSA) is 77.6 Å². The number of nitrogens with zero attached hydrogens (tertiary/aromatic N) is 5. The number of fused-ring (bicyclic) bond motifs is 3. The van der Waals surface area contributed by atoms with Crippen LogP contribution < -0.4 is 0 Å². The number of furan rings is 1. The Morgan fingerprint density at radius 1 is 0.262 bits per heavy atom. The van der Waals surface area contributed by atoms with Gasteiger partial charge in [0, 0.05) is 49.7 Å². The summed E-state index contributed by atoms with van der Waals surface area (Å²) in [6.07, 6.45) is 0. The van der Waals surface area contributed by atoms with E-state index in [1.807, 2.05) is 97.1 Å². The van der Waals surface area contributed by atoms with E-state index in [-0.39, 0.29) is 0 Å². The summed E-state index contributed by atoms with van der Waals surface area (Å²) >= 11 is 0. The number of rotatable bonds is 8. The van der Waals surface area contributed by atoms with E-state index in [9.17, 15) is 0 Å². The first-order valence-electron chi connectivity index (χ1n) is 20.2. The molecule has 0 fully saturated rings. The minimum atomic E-state index is 0.600. The van der Waals surface area contributed by atoms with Gasteiger partial charge in [0.1, 0.15) is 11.2 Å². The third kappa shape index (κ3) is 7.02. The van der Waals surface area contributed by atoms with Gasteiger partial charge in [0.05, 0.1) is 11.4 Å². The van der Waals surface area contributed by atoms with Gasteiger partial charge in [0.15, 0.2) is 23.3 Å². The Bertz CT molecular complexity index is 3260. The molecular formula is C55H35N5O. The van der Waals surface area contributed by atoms with E-state index in [0.717, 1.165) is 83.4 Å². The zero-order valence-corrected chi connectivity index (χ0v) is 32.9. The predicted molar refractivity (Wildman–Crippen MR) is 246 cm³/mol. The van der Waals surface area contributed by atoms with E-state index in [1.54, 1.807) is 0 Å². The summed E-state index contributed by atoms with van der Waals surface area (Å²) in [5.74, 6) is 2.53. The highest BCUT2D eigenvalue weighted by Gasteiger charge is 2.17. The third-order valence-electron chi connectivity index (χ3n) is 11.0. The lowest BCUT2D eigenvalue weighted by atomic mass is 9.99. The molecule has 0 aliphatic rings. The van der Waals surface area contributed by atoms with Crippen molar-refractivity contribution in [3.63, 3.8) is 0 Å². The van der Waals surface area contributed by atoms with Gasteiger partial charge in [-0.2, -0.15) is 0 Å². The largest absolute Gasteiger partial charge is 0.455 e. The molecule has 8 aromatic carbocycles. The lowest BCUT2D eigenvalue weighted by molar-refractivity contribution is 0.670. The number of hydrogen-bond acceptors (Lipinski definition) is 6. The van der Waals surface area contributed by atoms with Crippen LogP contribution in [0.15, 0.2) is 217 Å². The molecule has 0 N–H and O–H groups in total. The molecule has 6 nitrogen and oxygen atoms in total. The maximum atomic E-state index is 6.62. The molecule has 3 aromatic heterocycles. The van der Waals surface area contributed by atoms with Gasteiger partial charge in [0.2, 0.25) is 0 Å². The molecule has 286 valence electrons. The van der Waals surface area contributed by atoms with E-state index in [4.69, 9.17) is 29.3 Å². The average Bonchev–Trinajstić information content (AvgIpc) is 3.73. The van der Waals surface area contributed by atoms with Gasteiger partial charge in [-0.3, -0.25) is 0 Å². The van der Waals surface area contributed by atoms with Gasteiger partial charge >= 0.3 is 0 Å². The van der Waals surface area contributed by atoms with E-state index >= 15 is 0 Å². The standard InChI is InChI=1S/C55H35N5O/c1-5-14-36(15-6-1)37-24-28-39(29-25-37)48-35-49(57-52(56-48)41-16-7-2-8-17-41)40-30-26-38(27-31-40)45-22-13-23-46-47-34-44(32-33-50(47)61-51(45)46)55-59-53(42-18-9-3-10-19-42)58-54(60-55)43-20-11-4-12-21-43/h1-35H. The highest BCUT2D eigenvalue weighted by atomic mass is 16.3. The fourth-order valence-corrected chi connectivity index (χ4v) is 7.85. The van der Waals surface area contributed by atoms with Crippen LogP contribution in [0.1, 0.15) is 0 Å². The lowest BCUT2D eigenvalue weighted by Gasteiger charge is -2.11. The second kappa shape index (κ2) is 15.4. The van der Waals surface area contributed by atoms with Crippen LogP contribution >= 0.6 is 0 Å². The molecule has 3 heterocycles. The van der Waals surface area contributed by atoms with Crippen molar-refractivity contribution in [2.24, 2.45) is 0 Å². The first kappa shape index (κ1) is 35.8. The first-order valence-corrected chi connectivity index (χ1v) is 20.2. The van der Waals surface area contributed by atoms with Crippen LogP contribution in [0.3, 0.4) is 0 Å². The van der Waals surface area contributed by atoms with E-state index in [1.165, 1.54) is 5.56 Å². The third-order valence-corrected chi connectivity index (χ3v) is 11.0. The molecule has 0 saturated heterocycles. The van der Waals surface area contributed by atoms with Crippen molar-refractivity contribution < 1.29 is 4.42 Å². The summed E-state index contributed by atoms with van der Waals surface area (Å²) in [6, 6.07) is 72.3. The smallest absolute Gasteiger partial charge is 0.164 e. The maximum absolute atomic E-state index is 6.62. The molecule has 0 saturated carbocycles. The second-order valence-corrected chi connectivity index (χ2v) is 14.9. The average molecular weight is 782 g/mol. The summed E-state index contributed by atoms with van der Waals surface area (Å²) < 4.78 is 6.62. The predicted octanol–water partition coefficient (Wildman–Crippen LogP) is 13.9. The minimum absolute atomic E-state index is 0.600. The molecule has 61 heavy (non-hydrogen) atoms. The first-order chi connectivity index (χ1) is 30.2. The van der Waals surface area contributed by atoms with Crippen LogP contribution in [0.4, 0.5) is 0 Å². The highest BCUT2D eigenvalue weighted by molar-refractivity contribution is 6.10. The van der Waals surface area contributed by atoms with Crippen molar-refractivity contribution in [2.75, 3.05) is 0 Å². The van der Waals surface area contributed by atoms with Crippen LogP contribution in [0, 0.1) is 0 Å². The van der Waals surface area contributed by atoms with Crippen molar-refractivity contribution in [3.8, 4) is 90.3 Å². The maximum Gasteiger partial charge on any atom is 0.164 e. The Labute approximate surface area is 352 Å². The van der Waals surface area contributed by atoms with Gasteiger partial charge < -0.3 is 4.42 Å². The van der Waals surface area contributed by atoms with Crippen molar-refractivity contribution in [3.05, 3.63) is 212 Å². The molecule has 0 aliphatic carbocycles. The van der Waals surface area contributed by atoms with Crippen molar-refractivity contribution in [1.82, 2.24) is 24.9 Å². The molecule has 0 radical (unpaired) electrons. The Morgan fingerprint density at radius 3 is 1.20 bits per heavy atom. The zero-order chi connectivity index (χ0) is 40.5. The molecule has 0 bridgehead atoms. The Morgan fingerprint density at radius 2 is 0.672 bits per heavy atom. The minimum Gasteiger partial charge on any atom is -0.455 e. The molecule has 6 heteroatoms. The molecule has 0 unspecified atom stereocenters. The zero-order valence-electron chi connectivity index (χ0n) is 32.9. The lowest BCUT2D eigenvalue weighted by Crippen LogP contribution is -2.00. The van der Waals surface area contributed by atoms with Crippen LogP contribution in [0.25, 0.3) is 112 Å². The molecule has 0 atom stereocenters. The van der Waals surface area contributed by atoms with Crippen LogP contribution in [0.5, 0.6) is 0 Å². The van der Waals surface area contributed by atoms with Crippen LogP contribution in [0.2, 0.25) is 0 Å². The molecule has 11 aromatic rings. The fraction of sp³-hybridized carbons (Fsp3) is 0. The molecule has 11 rings (SSSR count). The monoisotopic (exact) mass is 781 g/mol. The van der Waals surface area contributed by atoms with Gasteiger partial charge in [0.25, 0.3) is 0 Å². The Kier molecular flexibility index (Phi) is 9.06. The van der Waals surface area contributed by atoms with Crippen molar-refractivity contribution >= 4 is 21.9 Å². The quantitative estimate of drug-likeness (QED) is 0.153. The van der Waals surface area contributed by atoms with Gasteiger partial charge in [-0.15, -0.1) is 0 Å². The summed E-state index contributed by atoms with van der Waals surface area (Å²) in [5.41, 5.74) is 13.4. The van der Waals surface area contributed by atoms with E-state index < -0.39 is 0 Å². The molecule has 0 aliphatic heterocycles.